The van der Waals surface area contributed by atoms with Crippen LogP contribution in [0, 0.1) is 0 Å². The molecule has 2 N–H and O–H groups in total. The lowest BCUT2D eigenvalue weighted by atomic mass is 9.94. The molecule has 1 saturated carbocycles. The summed E-state index contributed by atoms with van der Waals surface area (Å²) in [6.45, 7) is 6.59. The number of esters is 1. The topological polar surface area (TPSA) is 117 Å². The second kappa shape index (κ2) is 15.4. The Bertz CT molecular complexity index is 1110. The van der Waals surface area contributed by atoms with Gasteiger partial charge in [-0.05, 0) is 76.6 Å². The first kappa shape index (κ1) is 31.1. The molecular weight excluding hydrogens is 548 g/mol. The molecule has 1 aromatic rings. The highest BCUT2D eigenvalue weighted by Gasteiger charge is 2.36. The van der Waals surface area contributed by atoms with E-state index in [1.54, 1.807) is 55.7 Å². The lowest BCUT2D eigenvalue weighted by Gasteiger charge is -2.35. The number of nitrogens with one attached hydrogen (secondary N) is 2. The van der Waals surface area contributed by atoms with Crippen LogP contribution >= 0.6 is 11.6 Å². The van der Waals surface area contributed by atoms with Crippen LogP contribution in [0.1, 0.15) is 85.1 Å². The molecule has 2 aliphatic rings. The van der Waals surface area contributed by atoms with E-state index in [-0.39, 0.29) is 44.1 Å². The van der Waals surface area contributed by atoms with Crippen LogP contribution in [0.5, 0.6) is 0 Å². The van der Waals surface area contributed by atoms with Gasteiger partial charge in [-0.2, -0.15) is 0 Å². The molecule has 1 heterocycles. The minimum absolute atomic E-state index is 0.0555. The molecule has 0 radical (unpaired) electrons. The smallest absolute Gasteiger partial charge is 0.407 e. The third-order valence-corrected chi connectivity index (χ3v) is 7.47. The highest BCUT2D eigenvalue weighted by atomic mass is 35.5. The van der Waals surface area contributed by atoms with Crippen molar-refractivity contribution in [2.45, 2.75) is 103 Å². The minimum atomic E-state index is -1.29. The molecule has 2 atom stereocenters. The van der Waals surface area contributed by atoms with Crippen molar-refractivity contribution in [2.24, 2.45) is 0 Å². The average Bonchev–Trinajstić information content (AvgIpc) is 3.44. The van der Waals surface area contributed by atoms with E-state index in [9.17, 15) is 19.2 Å². The number of carbonyl (C=O) groups excluding carboxylic acids is 4. The number of halogens is 1. The van der Waals surface area contributed by atoms with Crippen molar-refractivity contribution in [2.75, 3.05) is 26.2 Å². The van der Waals surface area contributed by atoms with E-state index in [0.29, 0.717) is 24.4 Å². The molecular formula is C30H45ClN4O6. The number of likely N-dealkylation sites (tertiary alicyclic amines) is 1. The first-order valence-electron chi connectivity index (χ1n) is 15.1. The van der Waals surface area contributed by atoms with Crippen molar-refractivity contribution in [3.05, 3.63) is 34.3 Å². The van der Waals surface area contributed by atoms with E-state index in [1.807, 2.05) is 0 Å². The molecule has 11 heteroatoms. The van der Waals surface area contributed by atoms with Gasteiger partial charge in [0.05, 0.1) is 21.0 Å². The lowest BCUT2D eigenvalue weighted by Crippen LogP contribution is -2.51. The van der Waals surface area contributed by atoms with Crippen molar-refractivity contribution >= 4 is 35.5 Å². The SMILES string of the molecule is [2H]C(C(=O)OCC)N(CC(=O)N1CCC[C@H]1C(=O)NCc1cc(Cl)ccc1CNC(=O)OC(C)(C)C)C1CCCCC1. The summed E-state index contributed by atoms with van der Waals surface area (Å²) in [5.41, 5.74) is 0.880. The summed E-state index contributed by atoms with van der Waals surface area (Å²) in [7, 11) is 0. The number of hydrogen-bond donors (Lipinski definition) is 2. The zero-order chi connectivity index (χ0) is 30.9. The summed E-state index contributed by atoms with van der Waals surface area (Å²) in [5.74, 6) is -1.22. The Labute approximate surface area is 249 Å². The van der Waals surface area contributed by atoms with Crippen LogP contribution in [0.25, 0.3) is 0 Å². The Morgan fingerprint density at radius 1 is 1.05 bits per heavy atom. The van der Waals surface area contributed by atoms with Gasteiger partial charge in [-0.3, -0.25) is 19.3 Å². The summed E-state index contributed by atoms with van der Waals surface area (Å²) >= 11 is 6.22. The largest absolute Gasteiger partial charge is 0.465 e. The molecule has 10 nitrogen and oxygen atoms in total. The van der Waals surface area contributed by atoms with Crippen LogP contribution in [-0.4, -0.2) is 77.6 Å². The van der Waals surface area contributed by atoms with Gasteiger partial charge in [0.1, 0.15) is 11.6 Å². The molecule has 1 unspecified atom stereocenters. The van der Waals surface area contributed by atoms with E-state index in [0.717, 1.165) is 43.2 Å². The van der Waals surface area contributed by atoms with Crippen LogP contribution in [0.2, 0.25) is 5.02 Å². The highest BCUT2D eigenvalue weighted by Crippen LogP contribution is 2.24. The zero-order valence-corrected chi connectivity index (χ0v) is 25.4. The average molecular weight is 594 g/mol. The van der Waals surface area contributed by atoms with E-state index < -0.39 is 30.2 Å². The van der Waals surface area contributed by atoms with Crippen LogP contribution in [0.4, 0.5) is 4.79 Å². The third kappa shape index (κ3) is 10.5. The number of alkyl carbamates (subject to hydrolysis) is 1. The molecule has 3 amide bonds. The van der Waals surface area contributed by atoms with E-state index in [1.165, 1.54) is 0 Å². The summed E-state index contributed by atoms with van der Waals surface area (Å²) in [6, 6.07) is 4.52. The molecule has 1 aliphatic carbocycles. The van der Waals surface area contributed by atoms with E-state index >= 15 is 0 Å². The van der Waals surface area contributed by atoms with Crippen molar-refractivity contribution in [3.63, 3.8) is 0 Å². The van der Waals surface area contributed by atoms with E-state index in [4.69, 9.17) is 22.4 Å². The number of nitrogens with zero attached hydrogens (tertiary/aromatic N) is 2. The van der Waals surface area contributed by atoms with Gasteiger partial charge in [0.15, 0.2) is 0 Å². The van der Waals surface area contributed by atoms with Gasteiger partial charge in [0.25, 0.3) is 0 Å². The molecule has 0 aromatic heterocycles. The number of amides is 3. The first-order valence-corrected chi connectivity index (χ1v) is 14.9. The van der Waals surface area contributed by atoms with Gasteiger partial charge in [0, 0.05) is 30.7 Å². The maximum Gasteiger partial charge on any atom is 0.407 e. The predicted octanol–water partition coefficient (Wildman–Crippen LogP) is 4.17. The van der Waals surface area contributed by atoms with Crippen LogP contribution < -0.4 is 10.6 Å². The summed E-state index contributed by atoms with van der Waals surface area (Å²) in [5, 5.41) is 6.15. The standard InChI is InChI=1S/C30H45ClN4O6/c1-5-40-27(37)20-34(24-10-7-6-8-11-24)19-26(36)35-15-9-12-25(35)28(38)32-18-22-16-23(31)14-13-21(22)17-33-29(39)41-30(2,3)4/h13-14,16,24-25H,5-12,15,17-20H2,1-4H3,(H,32,38)(H,33,39)/t25-/m0/s1/i20D/t20?,25-. The Morgan fingerprint density at radius 2 is 1.76 bits per heavy atom. The normalized spacial score (nSPS) is 18.9. The van der Waals surface area contributed by atoms with Gasteiger partial charge in [-0.15, -0.1) is 0 Å². The van der Waals surface area contributed by atoms with Gasteiger partial charge >= 0.3 is 12.1 Å². The Balaban J connectivity index is 1.64. The first-order chi connectivity index (χ1) is 19.9. The van der Waals surface area contributed by atoms with Crippen LogP contribution in [0.3, 0.4) is 0 Å². The molecule has 0 spiro atoms. The number of benzene rings is 1. The van der Waals surface area contributed by atoms with Gasteiger partial charge in [-0.25, -0.2) is 4.79 Å². The van der Waals surface area contributed by atoms with Crippen molar-refractivity contribution in [3.8, 4) is 0 Å². The summed E-state index contributed by atoms with van der Waals surface area (Å²) < 4.78 is 18.9. The molecule has 228 valence electrons. The van der Waals surface area contributed by atoms with Crippen molar-refractivity contribution in [1.82, 2.24) is 20.4 Å². The Kier molecular flexibility index (Phi) is 11.7. The second-order valence-electron chi connectivity index (χ2n) is 11.6. The van der Waals surface area contributed by atoms with Crippen LogP contribution in [0.15, 0.2) is 18.2 Å². The Morgan fingerprint density at radius 3 is 2.44 bits per heavy atom. The fourth-order valence-electron chi connectivity index (χ4n) is 5.31. The molecule has 2 fully saturated rings. The second-order valence-corrected chi connectivity index (χ2v) is 12.0. The monoisotopic (exact) mass is 593 g/mol. The third-order valence-electron chi connectivity index (χ3n) is 7.24. The summed E-state index contributed by atoms with van der Waals surface area (Å²) in [4.78, 5) is 54.6. The number of carbonyl (C=O) groups is 4. The summed E-state index contributed by atoms with van der Waals surface area (Å²) in [6.07, 6.45) is 5.35. The van der Waals surface area contributed by atoms with Crippen molar-refractivity contribution < 1.29 is 30.0 Å². The molecule has 1 aromatic carbocycles. The van der Waals surface area contributed by atoms with Gasteiger partial charge in [-0.1, -0.05) is 36.9 Å². The van der Waals surface area contributed by atoms with Crippen LogP contribution in [-0.2, 0) is 36.9 Å². The number of hydrogen-bond acceptors (Lipinski definition) is 7. The maximum absolute atomic E-state index is 13.5. The molecule has 0 bridgehead atoms. The molecule has 41 heavy (non-hydrogen) atoms. The highest BCUT2D eigenvalue weighted by molar-refractivity contribution is 6.30. The minimum Gasteiger partial charge on any atom is -0.465 e. The zero-order valence-electron chi connectivity index (χ0n) is 25.7. The molecule has 3 rings (SSSR count). The number of rotatable bonds is 11. The fraction of sp³-hybridized carbons (Fsp3) is 0.667. The number of ether oxygens (including phenoxy) is 2. The quantitative estimate of drug-likeness (QED) is 0.370. The van der Waals surface area contributed by atoms with Gasteiger partial charge in [0.2, 0.25) is 11.8 Å². The van der Waals surface area contributed by atoms with E-state index in [2.05, 4.69) is 10.6 Å². The Hall–Kier alpha value is -2.85. The lowest BCUT2D eigenvalue weighted by molar-refractivity contribution is -0.147. The fourth-order valence-corrected chi connectivity index (χ4v) is 5.50. The predicted molar refractivity (Wildman–Crippen MR) is 156 cm³/mol. The van der Waals surface area contributed by atoms with Gasteiger partial charge < -0.3 is 25.0 Å². The van der Waals surface area contributed by atoms with Crippen molar-refractivity contribution in [1.29, 1.82) is 0 Å². The molecule has 1 saturated heterocycles. The maximum atomic E-state index is 13.5. The molecule has 1 aliphatic heterocycles.